The first-order chi connectivity index (χ1) is 8.12. The molecule has 0 aromatic carbocycles. The Bertz CT molecular complexity index is 236. The van der Waals surface area contributed by atoms with Crippen LogP contribution in [0.15, 0.2) is 0 Å². The Labute approximate surface area is 147 Å². The summed E-state index contributed by atoms with van der Waals surface area (Å²) in [4.78, 5) is 0. The zero-order valence-corrected chi connectivity index (χ0v) is 22.3. The molecule has 0 rings (SSSR count). The van der Waals surface area contributed by atoms with Crippen LogP contribution in [0.1, 0.15) is 0 Å². The minimum atomic E-state index is -2.05. The lowest BCUT2D eigenvalue weighted by atomic mass is 11.8. The van der Waals surface area contributed by atoms with Crippen molar-refractivity contribution >= 4 is 71.0 Å². The van der Waals surface area contributed by atoms with Gasteiger partial charge in [0.1, 0.15) is 0 Å². The molecule has 0 aromatic rings. The Morgan fingerprint density at radius 3 is 0.842 bits per heavy atom. The predicted octanol–water partition coefficient (Wildman–Crippen LogP) is 5.88. The summed E-state index contributed by atoms with van der Waals surface area (Å²) in [5.41, 5.74) is 0. The maximum absolute atomic E-state index is 6.28. The van der Waals surface area contributed by atoms with E-state index in [1.807, 2.05) is 0 Å². The van der Waals surface area contributed by atoms with Gasteiger partial charge in [-0.1, -0.05) is 0 Å². The quantitative estimate of drug-likeness (QED) is 0.298. The molecular weight excluding hydrogens is 534 g/mol. The van der Waals surface area contributed by atoms with Crippen molar-refractivity contribution in [2.75, 3.05) is 0 Å². The summed E-state index contributed by atoms with van der Waals surface area (Å²) in [5, 5.41) is 0. The number of hydrogen-bond acceptors (Lipinski definition) is 3. The van der Waals surface area contributed by atoms with E-state index in [1.54, 1.807) is 0 Å². The Morgan fingerprint density at radius 1 is 0.474 bits per heavy atom. The average Bonchev–Trinajstić information content (AvgIpc) is 1.94. The molecule has 9 heteroatoms. The monoisotopic (exact) mass is 564 g/mol. The zero-order chi connectivity index (χ0) is 16.1. The van der Waals surface area contributed by atoms with Crippen LogP contribution in [0.3, 0.4) is 0 Å². The van der Waals surface area contributed by atoms with E-state index in [0.29, 0.717) is 0 Å². The van der Waals surface area contributed by atoms with Crippen molar-refractivity contribution in [2.45, 2.75) is 65.5 Å². The summed E-state index contributed by atoms with van der Waals surface area (Å²) in [6.07, 6.45) is 0. The van der Waals surface area contributed by atoms with Crippen LogP contribution in [0.2, 0.25) is 65.5 Å². The van der Waals surface area contributed by atoms with E-state index in [9.17, 15) is 0 Å². The van der Waals surface area contributed by atoms with Gasteiger partial charge in [-0.15, -0.1) is 0 Å². The van der Waals surface area contributed by atoms with E-state index in [4.69, 9.17) is 12.3 Å². The highest BCUT2D eigenvalue weighted by Crippen LogP contribution is 2.23. The van der Waals surface area contributed by atoms with Gasteiger partial charge in [0.15, 0.2) is 16.6 Å². The highest BCUT2D eigenvalue weighted by atomic mass is 128. The molecule has 0 saturated carbocycles. The van der Waals surface area contributed by atoms with Gasteiger partial charge in [0.2, 0.25) is 0 Å². The van der Waals surface area contributed by atoms with Gasteiger partial charge in [-0.25, -0.2) is 0 Å². The molecule has 0 aromatic heterocycles. The van der Waals surface area contributed by atoms with E-state index >= 15 is 0 Å². The fourth-order valence-electron chi connectivity index (χ4n) is 2.11. The second-order valence-electron chi connectivity index (χ2n) is 7.33. The van der Waals surface area contributed by atoms with Gasteiger partial charge in [0.25, 0.3) is 0 Å². The Balaban J connectivity index is 0. The van der Waals surface area contributed by atoms with Gasteiger partial charge in [0, 0.05) is 37.2 Å². The zero-order valence-electron chi connectivity index (χ0n) is 14.0. The van der Waals surface area contributed by atoms with E-state index in [-0.39, 0.29) is 0 Å². The van der Waals surface area contributed by atoms with Crippen LogP contribution in [-0.2, 0) is 12.3 Å². The molecule has 118 valence electrons. The minimum Gasteiger partial charge on any atom is -0.437 e. The molecule has 0 unspecified atom stereocenters. The first kappa shape index (κ1) is 23.5. The number of halogens is 2. The van der Waals surface area contributed by atoms with Crippen LogP contribution in [-0.4, -0.2) is 33.8 Å². The fourth-order valence-corrected chi connectivity index (χ4v) is 19.7. The first-order valence-electron chi connectivity index (χ1n) is 6.37. The number of rotatable bonds is 6. The molecule has 0 saturated heterocycles. The number of hydrogen-bond donors (Lipinski definition) is 0. The minimum absolute atomic E-state index is 1.54. The Morgan fingerprint density at radius 2 is 0.684 bits per heavy atom. The second kappa shape index (κ2) is 8.74. The molecule has 0 radical (unpaired) electrons. The standard InChI is InChI=1S/C10H30O3Si4.I2/c1-14(2,3)11-16(7,8)13-17(9,10)12-15(4,5)6;1-2/h1-10H3;. The summed E-state index contributed by atoms with van der Waals surface area (Å²) in [6.45, 7) is 21.8. The third-order valence-corrected chi connectivity index (χ3v) is 14.4. The van der Waals surface area contributed by atoms with Gasteiger partial charge in [-0.3, -0.25) is 0 Å². The molecule has 0 atom stereocenters. The van der Waals surface area contributed by atoms with Crippen LogP contribution in [0.25, 0.3) is 0 Å². The maximum atomic E-state index is 6.28. The second-order valence-corrected chi connectivity index (χ2v) is 23.8. The van der Waals surface area contributed by atoms with Gasteiger partial charge >= 0.3 is 17.1 Å². The lowest BCUT2D eigenvalue weighted by Gasteiger charge is -2.39. The van der Waals surface area contributed by atoms with Gasteiger partial charge in [-0.2, -0.15) is 0 Å². The average molecular weight is 564 g/mol. The van der Waals surface area contributed by atoms with Crippen molar-refractivity contribution in [1.82, 2.24) is 0 Å². The van der Waals surface area contributed by atoms with Crippen molar-refractivity contribution in [3.63, 3.8) is 0 Å². The molecule has 0 N–H and O–H groups in total. The first-order valence-corrected chi connectivity index (χ1v) is 25.1. The fraction of sp³-hybridized carbons (Fsp3) is 1.00. The van der Waals surface area contributed by atoms with Crippen molar-refractivity contribution < 1.29 is 12.3 Å². The summed E-state index contributed by atoms with van der Waals surface area (Å²) in [7, 11) is -7.18. The Hall–Kier alpha value is 2.21. The molecule has 0 aliphatic carbocycles. The van der Waals surface area contributed by atoms with Crippen molar-refractivity contribution in [3.8, 4) is 0 Å². The normalized spacial score (nSPS) is 13.9. The van der Waals surface area contributed by atoms with E-state index in [1.165, 1.54) is 0 Å². The summed E-state index contributed by atoms with van der Waals surface area (Å²) >= 11 is 4.24. The molecular formula is C10H30I2O3Si4. The largest absolute Gasteiger partial charge is 0.437 e. The van der Waals surface area contributed by atoms with Gasteiger partial charge in [-0.05, 0) is 65.5 Å². The summed E-state index contributed by atoms with van der Waals surface area (Å²) in [5.74, 6) is 0. The van der Waals surface area contributed by atoms with Crippen LogP contribution >= 0.6 is 37.2 Å². The van der Waals surface area contributed by atoms with Crippen molar-refractivity contribution in [1.29, 1.82) is 0 Å². The van der Waals surface area contributed by atoms with Crippen LogP contribution < -0.4 is 0 Å². The van der Waals surface area contributed by atoms with Gasteiger partial charge in [0.05, 0.1) is 0 Å². The molecule has 0 fully saturated rings. The van der Waals surface area contributed by atoms with Crippen LogP contribution in [0, 0.1) is 0 Å². The Kier molecular flexibility index (Phi) is 10.8. The predicted molar refractivity (Wildman–Crippen MR) is 113 cm³/mol. The maximum Gasteiger partial charge on any atom is 0.312 e. The van der Waals surface area contributed by atoms with Crippen molar-refractivity contribution in [2.24, 2.45) is 0 Å². The third-order valence-electron chi connectivity index (χ3n) is 1.60. The van der Waals surface area contributed by atoms with Gasteiger partial charge < -0.3 is 12.3 Å². The molecule has 0 heterocycles. The lowest BCUT2D eigenvalue weighted by Crippen LogP contribution is -2.55. The summed E-state index contributed by atoms with van der Waals surface area (Å²) in [6, 6.07) is 0. The highest BCUT2D eigenvalue weighted by Gasteiger charge is 2.41. The molecule has 0 spiro atoms. The van der Waals surface area contributed by atoms with Crippen LogP contribution in [0.5, 0.6) is 0 Å². The van der Waals surface area contributed by atoms with Crippen molar-refractivity contribution in [3.05, 3.63) is 0 Å². The molecule has 3 nitrogen and oxygen atoms in total. The molecule has 19 heavy (non-hydrogen) atoms. The SMILES string of the molecule is C[Si](C)(C)O[Si](C)(C)O[Si](C)(C)O[Si](C)(C)C.II. The highest BCUT2D eigenvalue weighted by molar-refractivity contribution is 15.0. The smallest absolute Gasteiger partial charge is 0.312 e. The summed E-state index contributed by atoms with van der Waals surface area (Å²) < 4.78 is 18.7. The van der Waals surface area contributed by atoms with E-state index < -0.39 is 33.8 Å². The van der Waals surface area contributed by atoms with Crippen LogP contribution in [0.4, 0.5) is 0 Å². The van der Waals surface area contributed by atoms with E-state index in [0.717, 1.165) is 0 Å². The van der Waals surface area contributed by atoms with E-state index in [2.05, 4.69) is 103 Å². The molecule has 0 bridgehead atoms. The molecule has 0 aliphatic rings. The molecule has 0 amide bonds. The topological polar surface area (TPSA) is 27.7 Å². The molecule has 0 aliphatic heterocycles. The third kappa shape index (κ3) is 16.4. The lowest BCUT2D eigenvalue weighted by molar-refractivity contribution is 0.331.